The van der Waals surface area contributed by atoms with E-state index in [2.05, 4.69) is 0 Å². The maximum atomic E-state index is 13.1. The van der Waals surface area contributed by atoms with E-state index in [1.165, 1.54) is 7.11 Å². The average Bonchev–Trinajstić information content (AvgIpc) is 2.85. The highest BCUT2D eigenvalue weighted by atomic mass is 16.8. The van der Waals surface area contributed by atoms with Crippen molar-refractivity contribution in [3.05, 3.63) is 35.4 Å². The van der Waals surface area contributed by atoms with Crippen LogP contribution in [0.1, 0.15) is 34.6 Å². The number of esters is 2. The molecule has 0 aromatic heterocycles. The van der Waals surface area contributed by atoms with Crippen molar-refractivity contribution >= 4 is 11.9 Å². The molecule has 14 nitrogen and oxygen atoms in total. The first-order chi connectivity index (χ1) is 17.8. The van der Waals surface area contributed by atoms with E-state index < -0.39 is 82.9 Å². The molecule has 38 heavy (non-hydrogen) atoms. The monoisotopic (exact) mass is 538 g/mol. The molecule has 5 atom stereocenters. The van der Waals surface area contributed by atoms with E-state index in [0.29, 0.717) is 0 Å². The van der Waals surface area contributed by atoms with Gasteiger partial charge in [-0.2, -0.15) is 0 Å². The molecule has 2 aliphatic rings. The van der Waals surface area contributed by atoms with Crippen LogP contribution in [0.3, 0.4) is 0 Å². The van der Waals surface area contributed by atoms with E-state index in [1.807, 2.05) is 0 Å². The van der Waals surface area contributed by atoms with Gasteiger partial charge >= 0.3 is 11.9 Å². The lowest BCUT2D eigenvalue weighted by atomic mass is 9.96. The number of phenolic OH excluding ortho intramolecular Hbond substituents is 6. The van der Waals surface area contributed by atoms with Crippen LogP contribution >= 0.6 is 0 Å². The zero-order chi connectivity index (χ0) is 27.9. The van der Waals surface area contributed by atoms with Crippen molar-refractivity contribution in [1.29, 1.82) is 0 Å². The number of carbonyl (C=O) groups excluding carboxylic acids is 2. The fraction of sp³-hybridized carbons (Fsp3) is 0.417. The number of rotatable bonds is 5. The first-order valence-corrected chi connectivity index (χ1v) is 11.2. The molecule has 0 unspecified atom stereocenters. The second-order valence-corrected chi connectivity index (χ2v) is 9.04. The summed E-state index contributed by atoms with van der Waals surface area (Å²) in [7, 11) is 1.24. The molecule has 206 valence electrons. The Hall–Kier alpha value is -3.98. The highest BCUT2D eigenvalue weighted by molar-refractivity contribution is 5.92. The Kier molecular flexibility index (Phi) is 7.16. The van der Waals surface area contributed by atoms with Gasteiger partial charge < -0.3 is 59.1 Å². The summed E-state index contributed by atoms with van der Waals surface area (Å²) < 4.78 is 33.9. The fourth-order valence-corrected chi connectivity index (χ4v) is 4.08. The first kappa shape index (κ1) is 27.1. The third kappa shape index (κ3) is 5.19. The third-order valence-corrected chi connectivity index (χ3v) is 5.94. The van der Waals surface area contributed by atoms with Crippen LogP contribution in [0.15, 0.2) is 24.3 Å². The molecule has 14 heteroatoms. The standard InChI is InChI=1S/C24H26O14/c1-24(2)34-8-15-18(38-24)19(36-21(31)9-4-11(25)16(29)12(26)5-9)20(23(33-3)35-15)37-22(32)10-6-13(27)17(30)14(28)7-10/h4-7,15,18-20,23,25-30H,8H2,1-3H3/t15-,18-,19+,20-,23+/m1/s1. The molecule has 2 aromatic rings. The molecule has 2 fully saturated rings. The fourth-order valence-electron chi connectivity index (χ4n) is 4.08. The molecule has 0 aliphatic carbocycles. The summed E-state index contributed by atoms with van der Waals surface area (Å²) in [6.07, 6.45) is -6.11. The topological polar surface area (TPSA) is 211 Å². The number of methoxy groups -OCH3 is 1. The quantitative estimate of drug-likeness (QED) is 0.233. The van der Waals surface area contributed by atoms with Gasteiger partial charge in [-0.05, 0) is 38.1 Å². The summed E-state index contributed by atoms with van der Waals surface area (Å²) in [5, 5.41) is 58.3. The molecular formula is C24H26O14. The SMILES string of the molecule is CO[C@H]1O[C@@H]2COC(C)(C)O[C@H]2[C@H](OC(=O)c2cc(O)c(O)c(O)c2)[C@H]1OC(=O)c1cc(O)c(O)c(O)c1. The van der Waals surface area contributed by atoms with Crippen molar-refractivity contribution in [3.63, 3.8) is 0 Å². The van der Waals surface area contributed by atoms with Gasteiger partial charge in [0.25, 0.3) is 0 Å². The normalized spacial score (nSPS) is 26.2. The van der Waals surface area contributed by atoms with Gasteiger partial charge in [0.2, 0.25) is 0 Å². The van der Waals surface area contributed by atoms with E-state index in [9.17, 15) is 40.2 Å². The predicted molar refractivity (Wildman–Crippen MR) is 122 cm³/mol. The maximum absolute atomic E-state index is 13.1. The van der Waals surface area contributed by atoms with Gasteiger partial charge in [0.15, 0.2) is 58.8 Å². The Balaban J connectivity index is 1.69. The van der Waals surface area contributed by atoms with Gasteiger partial charge in [-0.1, -0.05) is 0 Å². The van der Waals surface area contributed by atoms with Crippen LogP contribution in [0, 0.1) is 0 Å². The van der Waals surface area contributed by atoms with Crippen LogP contribution in [-0.4, -0.2) is 92.8 Å². The average molecular weight is 538 g/mol. The number of fused-ring (bicyclic) bond motifs is 1. The highest BCUT2D eigenvalue weighted by Gasteiger charge is 2.55. The minimum atomic E-state index is -1.48. The molecule has 4 rings (SSSR count). The van der Waals surface area contributed by atoms with Gasteiger partial charge in [-0.3, -0.25) is 0 Å². The lowest BCUT2D eigenvalue weighted by molar-refractivity contribution is -0.378. The van der Waals surface area contributed by atoms with Crippen LogP contribution in [-0.2, 0) is 28.4 Å². The van der Waals surface area contributed by atoms with E-state index >= 15 is 0 Å². The molecule has 2 aromatic carbocycles. The molecule has 2 saturated heterocycles. The van der Waals surface area contributed by atoms with Crippen molar-refractivity contribution in [2.75, 3.05) is 13.7 Å². The zero-order valence-corrected chi connectivity index (χ0v) is 20.4. The summed E-state index contributed by atoms with van der Waals surface area (Å²) in [6, 6.07) is 3.42. The van der Waals surface area contributed by atoms with Gasteiger partial charge in [-0.15, -0.1) is 0 Å². The van der Waals surface area contributed by atoms with Gasteiger partial charge in [-0.25, -0.2) is 9.59 Å². The third-order valence-electron chi connectivity index (χ3n) is 5.94. The van der Waals surface area contributed by atoms with Crippen LogP contribution in [0.25, 0.3) is 0 Å². The second-order valence-electron chi connectivity index (χ2n) is 9.04. The summed E-state index contributed by atoms with van der Waals surface area (Å²) in [5.74, 6) is -8.19. The van der Waals surface area contributed by atoms with Crippen LogP contribution in [0.5, 0.6) is 34.5 Å². The minimum absolute atomic E-state index is 0.00721. The molecule has 6 N–H and O–H groups in total. The Morgan fingerprint density at radius 2 is 1.26 bits per heavy atom. The minimum Gasteiger partial charge on any atom is -0.504 e. The summed E-state index contributed by atoms with van der Waals surface area (Å²) in [5.41, 5.74) is -0.707. The van der Waals surface area contributed by atoms with Gasteiger partial charge in [0, 0.05) is 7.11 Å². The number of hydrogen-bond donors (Lipinski definition) is 6. The second kappa shape index (κ2) is 10.1. The lowest BCUT2D eigenvalue weighted by Crippen LogP contribution is -2.66. The first-order valence-electron chi connectivity index (χ1n) is 11.2. The number of hydrogen-bond acceptors (Lipinski definition) is 14. The smallest absolute Gasteiger partial charge is 0.339 e. The van der Waals surface area contributed by atoms with E-state index in [1.54, 1.807) is 13.8 Å². The number of carbonyl (C=O) groups is 2. The number of ether oxygens (including phenoxy) is 6. The molecule has 0 spiro atoms. The number of phenols is 6. The largest absolute Gasteiger partial charge is 0.504 e. The van der Waals surface area contributed by atoms with Crippen molar-refractivity contribution in [3.8, 4) is 34.5 Å². The summed E-state index contributed by atoms with van der Waals surface area (Å²) in [6.45, 7) is 3.19. The zero-order valence-electron chi connectivity index (χ0n) is 20.4. The predicted octanol–water partition coefficient (Wildman–Crippen LogP) is 1.19. The Morgan fingerprint density at radius 3 is 1.71 bits per heavy atom. The van der Waals surface area contributed by atoms with Crippen molar-refractivity contribution in [2.24, 2.45) is 0 Å². The van der Waals surface area contributed by atoms with Gasteiger partial charge in [0.05, 0.1) is 17.7 Å². The van der Waals surface area contributed by atoms with Crippen LogP contribution < -0.4 is 0 Å². The number of aromatic hydroxyl groups is 6. The molecule has 0 saturated carbocycles. The van der Waals surface area contributed by atoms with Crippen LogP contribution in [0.4, 0.5) is 0 Å². The molecule has 0 radical (unpaired) electrons. The van der Waals surface area contributed by atoms with E-state index in [-0.39, 0.29) is 17.7 Å². The van der Waals surface area contributed by atoms with Crippen LogP contribution in [0.2, 0.25) is 0 Å². The molecule has 2 heterocycles. The Labute approximate surface area is 215 Å². The van der Waals surface area contributed by atoms with Crippen molar-refractivity contribution in [2.45, 2.75) is 50.3 Å². The maximum Gasteiger partial charge on any atom is 0.339 e. The number of benzene rings is 2. The van der Waals surface area contributed by atoms with Gasteiger partial charge in [0.1, 0.15) is 12.2 Å². The Bertz CT molecular complexity index is 1190. The van der Waals surface area contributed by atoms with E-state index in [0.717, 1.165) is 24.3 Å². The summed E-state index contributed by atoms with van der Waals surface area (Å²) >= 11 is 0. The summed E-state index contributed by atoms with van der Waals surface area (Å²) in [4.78, 5) is 26.0. The molecule has 2 aliphatic heterocycles. The molecule has 0 bridgehead atoms. The molecule has 0 amide bonds. The van der Waals surface area contributed by atoms with Crippen molar-refractivity contribution < 1.29 is 68.6 Å². The Morgan fingerprint density at radius 1 is 0.816 bits per heavy atom. The lowest BCUT2D eigenvalue weighted by Gasteiger charge is -2.49. The molecular weight excluding hydrogens is 512 g/mol. The van der Waals surface area contributed by atoms with E-state index in [4.69, 9.17) is 28.4 Å². The highest BCUT2D eigenvalue weighted by Crippen LogP contribution is 2.39. The van der Waals surface area contributed by atoms with Crippen molar-refractivity contribution in [1.82, 2.24) is 0 Å².